The molecular weight excluding hydrogens is 284 g/mol. The molecule has 1 atom stereocenters. The van der Waals surface area contributed by atoms with E-state index < -0.39 is 0 Å². The number of rotatable bonds is 3. The Morgan fingerprint density at radius 3 is 2.79 bits per heavy atom. The fourth-order valence-electron chi connectivity index (χ4n) is 1.96. The molecule has 0 bridgehead atoms. The van der Waals surface area contributed by atoms with Gasteiger partial charge < -0.3 is 10.4 Å². The van der Waals surface area contributed by atoms with Gasteiger partial charge in [0.2, 0.25) is 5.91 Å². The molecule has 1 aromatic carbocycles. The number of phenolic OH excluding ortho intramolecular Hbond substituents is 1. The zero-order valence-corrected chi connectivity index (χ0v) is 12.3. The highest BCUT2D eigenvalue weighted by molar-refractivity contribution is 7.99. The van der Waals surface area contributed by atoms with Crippen molar-refractivity contribution in [3.63, 3.8) is 0 Å². The highest BCUT2D eigenvalue weighted by Crippen LogP contribution is 2.26. The third-order valence-electron chi connectivity index (χ3n) is 3.19. The Labute approximate surface area is 122 Å². The van der Waals surface area contributed by atoms with Crippen molar-refractivity contribution < 1.29 is 9.90 Å². The molecule has 1 aromatic rings. The summed E-state index contributed by atoms with van der Waals surface area (Å²) in [5.74, 6) is 2.11. The van der Waals surface area contributed by atoms with Crippen molar-refractivity contribution in [2.24, 2.45) is 0 Å². The maximum Gasteiger partial charge on any atom is 0.241 e. The maximum atomic E-state index is 12.1. The van der Waals surface area contributed by atoms with Crippen LogP contribution in [-0.2, 0) is 4.79 Å². The molecule has 0 radical (unpaired) electrons. The quantitative estimate of drug-likeness (QED) is 0.842. The first-order valence-electron chi connectivity index (χ1n) is 6.19. The number of nitrogens with one attached hydrogen (secondary N) is 1. The van der Waals surface area contributed by atoms with Gasteiger partial charge in [-0.3, -0.25) is 9.69 Å². The van der Waals surface area contributed by atoms with E-state index in [1.165, 1.54) is 6.07 Å². The van der Waals surface area contributed by atoms with Crippen molar-refractivity contribution in [2.45, 2.75) is 13.0 Å². The lowest BCUT2D eigenvalue weighted by molar-refractivity contribution is -0.120. The standard InChI is InChI=1S/C13H17ClN2O2S/c1-9(16-4-6-19-7-5-16)13(18)15-10-2-3-12(17)11(14)8-10/h2-3,8-9,17H,4-7H2,1H3,(H,15,18)/t9-/m1/s1. The zero-order valence-electron chi connectivity index (χ0n) is 10.7. The molecular formula is C13H17ClN2O2S. The van der Waals surface area contributed by atoms with Gasteiger partial charge in [-0.25, -0.2) is 0 Å². The maximum absolute atomic E-state index is 12.1. The molecule has 1 aliphatic rings. The summed E-state index contributed by atoms with van der Waals surface area (Å²) in [4.78, 5) is 14.3. The number of hydrogen-bond donors (Lipinski definition) is 2. The predicted octanol–water partition coefficient (Wildman–Crippen LogP) is 2.42. The summed E-state index contributed by atoms with van der Waals surface area (Å²) in [5.41, 5.74) is 0.603. The smallest absolute Gasteiger partial charge is 0.241 e. The number of amides is 1. The Morgan fingerprint density at radius 2 is 2.16 bits per heavy atom. The Kier molecular flexibility index (Phi) is 4.96. The second-order valence-corrected chi connectivity index (χ2v) is 6.11. The minimum atomic E-state index is -0.159. The Morgan fingerprint density at radius 1 is 1.47 bits per heavy atom. The van der Waals surface area contributed by atoms with Gasteiger partial charge in [0, 0.05) is 30.3 Å². The first-order valence-corrected chi connectivity index (χ1v) is 7.72. The van der Waals surface area contributed by atoms with Crippen molar-refractivity contribution in [1.82, 2.24) is 4.90 Å². The number of thioether (sulfide) groups is 1. The summed E-state index contributed by atoms with van der Waals surface area (Å²) in [6.45, 7) is 3.79. The van der Waals surface area contributed by atoms with Gasteiger partial charge >= 0.3 is 0 Å². The zero-order chi connectivity index (χ0) is 13.8. The summed E-state index contributed by atoms with van der Waals surface area (Å²) in [7, 11) is 0. The average molecular weight is 301 g/mol. The van der Waals surface area contributed by atoms with Gasteiger partial charge in [0.05, 0.1) is 11.1 Å². The number of benzene rings is 1. The van der Waals surface area contributed by atoms with E-state index in [0.717, 1.165) is 24.6 Å². The van der Waals surface area contributed by atoms with E-state index in [2.05, 4.69) is 10.2 Å². The number of aromatic hydroxyl groups is 1. The van der Waals surface area contributed by atoms with Gasteiger partial charge in [-0.15, -0.1) is 0 Å². The summed E-state index contributed by atoms with van der Waals surface area (Å²) < 4.78 is 0. The number of hydrogen-bond acceptors (Lipinski definition) is 4. The summed E-state index contributed by atoms with van der Waals surface area (Å²) in [6.07, 6.45) is 0. The van der Waals surface area contributed by atoms with Crippen LogP contribution in [0.3, 0.4) is 0 Å². The SMILES string of the molecule is C[C@H](C(=O)Nc1ccc(O)c(Cl)c1)N1CCSCC1. The van der Waals surface area contributed by atoms with Crippen molar-refractivity contribution in [3.8, 4) is 5.75 Å². The number of halogens is 1. The van der Waals surface area contributed by atoms with Gasteiger partial charge in [-0.2, -0.15) is 11.8 Å². The summed E-state index contributed by atoms with van der Waals surface area (Å²) in [5, 5.41) is 12.4. The molecule has 0 aliphatic carbocycles. The van der Waals surface area contributed by atoms with Crippen LogP contribution in [0.1, 0.15) is 6.92 Å². The van der Waals surface area contributed by atoms with Gasteiger partial charge in [0.1, 0.15) is 5.75 Å². The Hall–Kier alpha value is -0.910. The first kappa shape index (κ1) is 14.5. The van der Waals surface area contributed by atoms with Crippen LogP contribution in [0.25, 0.3) is 0 Å². The first-order chi connectivity index (χ1) is 9.08. The lowest BCUT2D eigenvalue weighted by atomic mass is 10.2. The molecule has 104 valence electrons. The lowest BCUT2D eigenvalue weighted by Crippen LogP contribution is -2.46. The van der Waals surface area contributed by atoms with E-state index in [1.54, 1.807) is 12.1 Å². The van der Waals surface area contributed by atoms with Crippen LogP contribution in [0, 0.1) is 0 Å². The second-order valence-electron chi connectivity index (χ2n) is 4.48. The van der Waals surface area contributed by atoms with Crippen molar-refractivity contribution >= 4 is 35.0 Å². The molecule has 2 N–H and O–H groups in total. The number of carbonyl (C=O) groups is 1. The highest BCUT2D eigenvalue weighted by atomic mass is 35.5. The minimum Gasteiger partial charge on any atom is -0.506 e. The molecule has 0 aromatic heterocycles. The number of nitrogens with zero attached hydrogens (tertiary/aromatic N) is 1. The van der Waals surface area contributed by atoms with E-state index in [4.69, 9.17) is 11.6 Å². The van der Waals surface area contributed by atoms with E-state index in [1.807, 2.05) is 18.7 Å². The van der Waals surface area contributed by atoms with E-state index in [9.17, 15) is 9.90 Å². The monoisotopic (exact) mass is 300 g/mol. The average Bonchev–Trinajstić information content (AvgIpc) is 2.43. The molecule has 19 heavy (non-hydrogen) atoms. The van der Waals surface area contributed by atoms with Gasteiger partial charge in [-0.05, 0) is 25.1 Å². The van der Waals surface area contributed by atoms with Gasteiger partial charge in [0.15, 0.2) is 0 Å². The van der Waals surface area contributed by atoms with E-state index in [0.29, 0.717) is 5.69 Å². The summed E-state index contributed by atoms with van der Waals surface area (Å²) in [6, 6.07) is 4.50. The third-order valence-corrected chi connectivity index (χ3v) is 4.43. The Bertz CT molecular complexity index is 464. The second kappa shape index (κ2) is 6.50. The van der Waals surface area contributed by atoms with Crippen LogP contribution < -0.4 is 5.32 Å². The van der Waals surface area contributed by atoms with Crippen molar-refractivity contribution in [2.75, 3.05) is 29.9 Å². The van der Waals surface area contributed by atoms with Crippen LogP contribution in [0.15, 0.2) is 18.2 Å². The molecule has 2 rings (SSSR count). The lowest BCUT2D eigenvalue weighted by Gasteiger charge is -2.31. The molecule has 1 amide bonds. The Balaban J connectivity index is 1.97. The van der Waals surface area contributed by atoms with Crippen molar-refractivity contribution in [1.29, 1.82) is 0 Å². The highest BCUT2D eigenvalue weighted by Gasteiger charge is 2.23. The van der Waals surface area contributed by atoms with Crippen LogP contribution in [-0.4, -0.2) is 46.6 Å². The van der Waals surface area contributed by atoms with Crippen LogP contribution >= 0.6 is 23.4 Å². The topological polar surface area (TPSA) is 52.6 Å². The number of phenols is 1. The van der Waals surface area contributed by atoms with Gasteiger partial charge in [0.25, 0.3) is 0 Å². The van der Waals surface area contributed by atoms with E-state index >= 15 is 0 Å². The molecule has 1 saturated heterocycles. The molecule has 0 unspecified atom stereocenters. The minimum absolute atomic E-state index is 0.0146. The fraction of sp³-hybridized carbons (Fsp3) is 0.462. The molecule has 0 spiro atoms. The normalized spacial score (nSPS) is 18.0. The summed E-state index contributed by atoms with van der Waals surface area (Å²) >= 11 is 7.73. The van der Waals surface area contributed by atoms with Crippen LogP contribution in [0.4, 0.5) is 5.69 Å². The third kappa shape index (κ3) is 3.78. The molecule has 6 heteroatoms. The predicted molar refractivity (Wildman–Crippen MR) is 80.1 cm³/mol. The van der Waals surface area contributed by atoms with Crippen molar-refractivity contribution in [3.05, 3.63) is 23.2 Å². The van der Waals surface area contributed by atoms with Crippen LogP contribution in [0.2, 0.25) is 5.02 Å². The fourth-order valence-corrected chi connectivity index (χ4v) is 3.07. The molecule has 1 heterocycles. The van der Waals surface area contributed by atoms with E-state index in [-0.39, 0.29) is 22.7 Å². The number of anilines is 1. The van der Waals surface area contributed by atoms with Crippen LogP contribution in [0.5, 0.6) is 5.75 Å². The van der Waals surface area contributed by atoms with Gasteiger partial charge in [-0.1, -0.05) is 11.6 Å². The largest absolute Gasteiger partial charge is 0.506 e. The number of carbonyl (C=O) groups excluding carboxylic acids is 1. The molecule has 4 nitrogen and oxygen atoms in total. The molecule has 0 saturated carbocycles. The molecule has 1 fully saturated rings. The molecule has 1 aliphatic heterocycles.